The van der Waals surface area contributed by atoms with Crippen molar-refractivity contribution < 1.29 is 24.9 Å². The minimum atomic E-state index is -0.794. The number of aliphatic hydroxyl groups is 2. The summed E-state index contributed by atoms with van der Waals surface area (Å²) in [5.74, 6) is -2.36. The Morgan fingerprint density at radius 3 is 2.47 bits per heavy atom. The molecular weight excluding hydrogens is 542 g/mol. The number of aromatic hydroxyl groups is 1. The number of Topliss-reactive ketones (excluding diaryl/α,β-unsaturated/α-hetero) is 1. The minimum absolute atomic E-state index is 0.0328. The van der Waals surface area contributed by atoms with Crippen LogP contribution >= 0.6 is 0 Å². The average molecular weight is 586 g/mol. The first-order chi connectivity index (χ1) is 20.3. The van der Waals surface area contributed by atoms with E-state index in [1.807, 2.05) is 37.2 Å². The Bertz CT molecular complexity index is 1570. The highest BCUT2D eigenvalue weighted by Crippen LogP contribution is 2.53. The normalized spacial score (nSPS) is 24.6. The number of fused-ring (bicyclic) bond motifs is 3. The van der Waals surface area contributed by atoms with Crippen LogP contribution < -0.4 is 5.73 Å². The Balaban J connectivity index is 1.61. The Hall–Kier alpha value is -3.88. The number of phenolic OH excluding ortho intramolecular Hbond substituents is 1. The number of ketones is 1. The van der Waals surface area contributed by atoms with Gasteiger partial charge in [0.1, 0.15) is 17.3 Å². The third-order valence-corrected chi connectivity index (χ3v) is 9.22. The van der Waals surface area contributed by atoms with E-state index in [-0.39, 0.29) is 51.6 Å². The lowest BCUT2D eigenvalue weighted by atomic mass is 9.58. The molecule has 0 radical (unpaired) electrons. The molecular formula is C35H43N3O5. The Labute approximate surface area is 253 Å². The number of rotatable bonds is 7. The first kappa shape index (κ1) is 30.6. The Morgan fingerprint density at radius 1 is 1.12 bits per heavy atom. The number of hydrogen-bond acceptors (Lipinski definition) is 7. The monoisotopic (exact) mass is 585 g/mol. The summed E-state index contributed by atoms with van der Waals surface area (Å²) in [6, 6.07) is 11.2. The topological polar surface area (TPSA) is 127 Å². The van der Waals surface area contributed by atoms with Gasteiger partial charge in [0.25, 0.3) is 5.91 Å². The zero-order chi connectivity index (χ0) is 31.3. The quantitative estimate of drug-likeness (QED) is 0.361. The molecule has 2 aromatic rings. The van der Waals surface area contributed by atoms with E-state index in [0.717, 1.165) is 35.3 Å². The van der Waals surface area contributed by atoms with E-state index in [2.05, 4.69) is 37.9 Å². The van der Waals surface area contributed by atoms with Crippen molar-refractivity contribution in [3.8, 4) is 16.9 Å². The molecule has 3 unspecified atom stereocenters. The van der Waals surface area contributed by atoms with E-state index < -0.39 is 17.9 Å². The number of nitrogens with zero attached hydrogens (tertiary/aromatic N) is 2. The van der Waals surface area contributed by atoms with Gasteiger partial charge in [-0.15, -0.1) is 0 Å². The van der Waals surface area contributed by atoms with E-state index in [4.69, 9.17) is 5.73 Å². The van der Waals surface area contributed by atoms with Crippen molar-refractivity contribution in [3.63, 3.8) is 0 Å². The molecule has 1 fully saturated rings. The summed E-state index contributed by atoms with van der Waals surface area (Å²) in [6.45, 7) is 7.89. The molecule has 3 aliphatic carbocycles. The average Bonchev–Trinajstić information content (AvgIpc) is 2.91. The molecule has 0 heterocycles. The van der Waals surface area contributed by atoms with E-state index >= 15 is 0 Å². The number of amides is 1. The smallest absolute Gasteiger partial charge is 0.252 e. The first-order valence-corrected chi connectivity index (χ1v) is 15.0. The van der Waals surface area contributed by atoms with Gasteiger partial charge in [0.2, 0.25) is 0 Å². The van der Waals surface area contributed by atoms with E-state index in [1.54, 1.807) is 19.1 Å². The van der Waals surface area contributed by atoms with E-state index in [1.165, 1.54) is 0 Å². The molecule has 1 amide bonds. The van der Waals surface area contributed by atoms with Gasteiger partial charge in [-0.1, -0.05) is 44.2 Å². The second-order valence-corrected chi connectivity index (χ2v) is 13.0. The lowest BCUT2D eigenvalue weighted by molar-refractivity contribution is -0.123. The maximum Gasteiger partial charge on any atom is 0.252 e. The summed E-state index contributed by atoms with van der Waals surface area (Å²) in [4.78, 5) is 30.9. The maximum absolute atomic E-state index is 14.3. The lowest BCUT2D eigenvalue weighted by Crippen LogP contribution is -2.52. The van der Waals surface area contributed by atoms with Gasteiger partial charge in [-0.25, -0.2) is 0 Å². The van der Waals surface area contributed by atoms with Crippen molar-refractivity contribution in [2.75, 3.05) is 27.7 Å². The van der Waals surface area contributed by atoms with Gasteiger partial charge < -0.3 is 26.0 Å². The van der Waals surface area contributed by atoms with E-state index in [0.29, 0.717) is 24.3 Å². The fraction of sp³-hybridized carbons (Fsp3) is 0.429. The molecule has 43 heavy (non-hydrogen) atoms. The van der Waals surface area contributed by atoms with Crippen LogP contribution in [-0.2, 0) is 22.6 Å². The van der Waals surface area contributed by atoms with Gasteiger partial charge in [0.05, 0.1) is 23.1 Å². The number of aliphatic hydroxyl groups excluding tert-OH is 2. The predicted octanol–water partition coefficient (Wildman–Crippen LogP) is 4.98. The number of hydrogen-bond donors (Lipinski definition) is 4. The summed E-state index contributed by atoms with van der Waals surface area (Å²) in [6.07, 6.45) is 2.61. The van der Waals surface area contributed by atoms with Crippen LogP contribution in [0.3, 0.4) is 0 Å². The van der Waals surface area contributed by atoms with Gasteiger partial charge in [-0.3, -0.25) is 14.5 Å². The largest absolute Gasteiger partial charge is 0.510 e. The summed E-state index contributed by atoms with van der Waals surface area (Å²) in [5, 5.41) is 33.9. The molecule has 4 atom stereocenters. The molecule has 0 saturated heterocycles. The van der Waals surface area contributed by atoms with Crippen molar-refractivity contribution in [3.05, 3.63) is 81.6 Å². The highest BCUT2D eigenvalue weighted by atomic mass is 16.3. The van der Waals surface area contributed by atoms with Crippen molar-refractivity contribution in [2.45, 2.75) is 46.2 Å². The molecule has 3 aliphatic rings. The molecule has 228 valence electrons. The van der Waals surface area contributed by atoms with E-state index in [9.17, 15) is 24.9 Å². The fourth-order valence-electron chi connectivity index (χ4n) is 7.80. The highest BCUT2D eigenvalue weighted by Gasteiger charge is 2.53. The highest BCUT2D eigenvalue weighted by molar-refractivity contribution is 6.10. The van der Waals surface area contributed by atoms with Crippen molar-refractivity contribution >= 4 is 17.4 Å². The van der Waals surface area contributed by atoms with Crippen LogP contribution in [0.15, 0.2) is 65.0 Å². The summed E-state index contributed by atoms with van der Waals surface area (Å²) >= 11 is 0. The molecule has 0 spiro atoms. The van der Waals surface area contributed by atoms with Crippen LogP contribution in [0.5, 0.6) is 5.75 Å². The Kier molecular flexibility index (Phi) is 8.29. The van der Waals surface area contributed by atoms with Crippen LogP contribution in [0.4, 0.5) is 0 Å². The van der Waals surface area contributed by atoms with Crippen LogP contribution in [0.1, 0.15) is 43.9 Å². The van der Waals surface area contributed by atoms with Crippen LogP contribution in [-0.4, -0.2) is 70.5 Å². The fourth-order valence-corrected chi connectivity index (χ4v) is 7.80. The van der Waals surface area contributed by atoms with Gasteiger partial charge in [-0.2, -0.15) is 0 Å². The summed E-state index contributed by atoms with van der Waals surface area (Å²) in [5.41, 5.74) is 10.5. The van der Waals surface area contributed by atoms with Gasteiger partial charge in [0, 0.05) is 18.7 Å². The first-order valence-electron chi connectivity index (χ1n) is 15.0. The summed E-state index contributed by atoms with van der Waals surface area (Å²) < 4.78 is 0. The zero-order valence-electron chi connectivity index (χ0n) is 25.9. The predicted molar refractivity (Wildman–Crippen MR) is 168 cm³/mol. The van der Waals surface area contributed by atoms with Crippen LogP contribution in [0.25, 0.3) is 16.9 Å². The molecule has 0 aliphatic heterocycles. The van der Waals surface area contributed by atoms with Crippen molar-refractivity contribution in [1.82, 2.24) is 9.80 Å². The standard InChI is InChI=1S/C35H43N3O5/c1-7-22-28-25(31(37(4)5)34(42)30(22)35(36)43)15-21-14-24-23(11-12-26(39)29(24)33(41)27(21)32(28)40)20-10-8-9-19(13-20)17-38(6)16-18(2)3/h7-13,18,21,25,28,31,39,41-42H,14-17H2,1-6H3,(H2,36,43)/b22-7+/t21?,25?,28?,31-/m0/s1. The van der Waals surface area contributed by atoms with Gasteiger partial charge in [-0.05, 0) is 98.6 Å². The van der Waals surface area contributed by atoms with Gasteiger partial charge in [0.15, 0.2) is 5.78 Å². The SMILES string of the molecule is C/C=C1/C(C(N)=O)=C(O)[C@@H](N(C)C)C2CC3Cc4c(-c5cccc(CN(C)CC(C)C)c5)ccc(O)c4C(O)=C3C(=O)C12. The van der Waals surface area contributed by atoms with Crippen molar-refractivity contribution in [1.29, 1.82) is 0 Å². The molecule has 8 nitrogen and oxygen atoms in total. The number of carbonyl (C=O) groups excluding carboxylic acids is 2. The zero-order valence-corrected chi connectivity index (χ0v) is 25.9. The molecule has 0 bridgehead atoms. The molecule has 1 saturated carbocycles. The third kappa shape index (κ3) is 5.27. The number of primary amides is 1. The number of nitrogens with two attached hydrogens (primary N) is 1. The lowest BCUT2D eigenvalue weighted by Gasteiger charge is -2.48. The van der Waals surface area contributed by atoms with Gasteiger partial charge >= 0.3 is 0 Å². The number of carbonyl (C=O) groups is 2. The molecule has 2 aromatic carbocycles. The minimum Gasteiger partial charge on any atom is -0.510 e. The van der Waals surface area contributed by atoms with Crippen LogP contribution in [0.2, 0.25) is 0 Å². The molecule has 5 N–H and O–H groups in total. The number of likely N-dealkylation sites (N-methyl/N-ethyl adjacent to an activating group) is 1. The third-order valence-electron chi connectivity index (χ3n) is 9.22. The van der Waals surface area contributed by atoms with Crippen LogP contribution in [0, 0.1) is 23.7 Å². The summed E-state index contributed by atoms with van der Waals surface area (Å²) in [7, 11) is 5.72. The molecule has 0 aromatic heterocycles. The maximum atomic E-state index is 14.3. The molecule has 8 heteroatoms. The number of benzene rings is 2. The second kappa shape index (κ2) is 11.7. The second-order valence-electron chi connectivity index (χ2n) is 13.0. The number of allylic oxidation sites excluding steroid dienone is 2. The Morgan fingerprint density at radius 2 is 1.84 bits per heavy atom. The van der Waals surface area contributed by atoms with Crippen molar-refractivity contribution in [2.24, 2.45) is 29.4 Å². The number of phenols is 1. The molecule has 5 rings (SSSR count).